The minimum atomic E-state index is -0.282. The third-order valence-electron chi connectivity index (χ3n) is 3.02. The topological polar surface area (TPSA) is 79.9 Å². The average Bonchev–Trinajstić information content (AvgIpc) is 2.77. The molecular weight excluding hydrogens is 316 g/mol. The van der Waals surface area contributed by atoms with Crippen molar-refractivity contribution in [3.63, 3.8) is 0 Å². The van der Waals surface area contributed by atoms with Crippen molar-refractivity contribution in [3.05, 3.63) is 46.8 Å². The number of anilines is 1. The molecule has 7 heteroatoms. The van der Waals surface area contributed by atoms with Crippen molar-refractivity contribution in [2.24, 2.45) is 7.05 Å². The van der Waals surface area contributed by atoms with Gasteiger partial charge < -0.3 is 10.1 Å². The first kappa shape index (κ1) is 16.6. The molecule has 23 heavy (non-hydrogen) atoms. The lowest BCUT2D eigenvalue weighted by Gasteiger charge is -2.04. The smallest absolute Gasteiger partial charge is 0.248 e. The molecule has 118 valence electrons. The van der Waals surface area contributed by atoms with E-state index in [1.165, 1.54) is 6.08 Å². The first-order valence-electron chi connectivity index (χ1n) is 6.79. The molecule has 0 saturated carbocycles. The molecule has 0 atom stereocenters. The van der Waals surface area contributed by atoms with Crippen molar-refractivity contribution < 1.29 is 9.53 Å². The highest BCUT2D eigenvalue weighted by Crippen LogP contribution is 2.20. The highest BCUT2D eigenvalue weighted by atomic mass is 35.5. The first-order valence-corrected chi connectivity index (χ1v) is 7.17. The van der Waals surface area contributed by atoms with Gasteiger partial charge in [-0.2, -0.15) is 10.4 Å². The monoisotopic (exact) mass is 330 g/mol. The van der Waals surface area contributed by atoms with Crippen molar-refractivity contribution in [1.82, 2.24) is 9.78 Å². The van der Waals surface area contributed by atoms with Crippen LogP contribution in [0.1, 0.15) is 11.3 Å². The molecule has 1 N–H and O–H groups in total. The number of benzene rings is 1. The summed E-state index contributed by atoms with van der Waals surface area (Å²) in [7, 11) is 1.74. The van der Waals surface area contributed by atoms with Crippen LogP contribution in [0.15, 0.2) is 30.3 Å². The van der Waals surface area contributed by atoms with Crippen LogP contribution in [0.4, 0.5) is 5.69 Å². The Labute approximate surface area is 138 Å². The van der Waals surface area contributed by atoms with E-state index >= 15 is 0 Å². The van der Waals surface area contributed by atoms with E-state index in [1.807, 2.05) is 13.0 Å². The number of ether oxygens (including phenoxy) is 1. The van der Waals surface area contributed by atoms with Crippen LogP contribution in [-0.2, 0) is 11.8 Å². The number of nitriles is 1. The second-order valence-electron chi connectivity index (χ2n) is 4.71. The Morgan fingerprint density at radius 2 is 2.17 bits per heavy atom. The minimum absolute atomic E-state index is 0.0142. The molecule has 0 fully saturated rings. The highest BCUT2D eigenvalue weighted by Gasteiger charge is 2.08. The molecule has 2 rings (SSSR count). The lowest BCUT2D eigenvalue weighted by Crippen LogP contribution is -2.07. The second kappa shape index (κ2) is 7.47. The molecule has 0 aliphatic heterocycles. The van der Waals surface area contributed by atoms with Gasteiger partial charge in [0.25, 0.3) is 0 Å². The molecule has 0 aliphatic rings. The van der Waals surface area contributed by atoms with Gasteiger partial charge in [0.1, 0.15) is 17.0 Å². The zero-order valence-electron chi connectivity index (χ0n) is 12.7. The van der Waals surface area contributed by atoms with Crippen LogP contribution in [0.3, 0.4) is 0 Å². The quantitative estimate of drug-likeness (QED) is 0.855. The maximum Gasteiger partial charge on any atom is 0.248 e. The van der Waals surface area contributed by atoms with Gasteiger partial charge in [-0.05, 0) is 37.3 Å². The van der Waals surface area contributed by atoms with E-state index in [2.05, 4.69) is 10.4 Å². The Morgan fingerprint density at radius 3 is 2.74 bits per heavy atom. The van der Waals surface area contributed by atoms with Crippen molar-refractivity contribution in [3.8, 4) is 11.8 Å². The van der Waals surface area contributed by atoms with E-state index in [1.54, 1.807) is 42.1 Å². The van der Waals surface area contributed by atoms with Gasteiger partial charge >= 0.3 is 0 Å². The number of aromatic nitrogens is 2. The molecule has 0 saturated heterocycles. The number of nitrogens with zero attached hydrogens (tertiary/aromatic N) is 3. The lowest BCUT2D eigenvalue weighted by atomic mass is 10.2. The molecule has 0 unspecified atom stereocenters. The van der Waals surface area contributed by atoms with Crippen molar-refractivity contribution >= 4 is 29.3 Å². The Bertz CT molecular complexity index is 773. The summed E-state index contributed by atoms with van der Waals surface area (Å²) in [5.41, 5.74) is 2.09. The van der Waals surface area contributed by atoms with Crippen LogP contribution >= 0.6 is 11.6 Å². The fourth-order valence-electron chi connectivity index (χ4n) is 1.93. The standard InChI is InChI=1S/C16H15ClN4O2/c1-11-14(16(17)21(2)20-11)7-8-15(22)19-12-3-5-13(6-4-12)23-10-9-18/h3-8H,10H2,1-2H3,(H,19,22)/b8-7+. The molecule has 1 heterocycles. The molecule has 0 spiro atoms. The molecule has 1 aromatic carbocycles. The van der Waals surface area contributed by atoms with Gasteiger partial charge in [0.15, 0.2) is 6.61 Å². The SMILES string of the molecule is Cc1nn(C)c(Cl)c1/C=C/C(=O)Nc1ccc(OCC#N)cc1. The van der Waals surface area contributed by atoms with Gasteiger partial charge in [-0.3, -0.25) is 9.48 Å². The fourth-order valence-corrected chi connectivity index (χ4v) is 2.17. The van der Waals surface area contributed by atoms with Crippen molar-refractivity contribution in [2.45, 2.75) is 6.92 Å². The minimum Gasteiger partial charge on any atom is -0.479 e. The van der Waals surface area contributed by atoms with Crippen molar-refractivity contribution in [1.29, 1.82) is 5.26 Å². The number of aryl methyl sites for hydroxylation is 2. The van der Waals surface area contributed by atoms with Gasteiger partial charge in [-0.25, -0.2) is 0 Å². The molecule has 0 bridgehead atoms. The number of hydrogen-bond acceptors (Lipinski definition) is 4. The van der Waals surface area contributed by atoms with E-state index in [0.717, 1.165) is 5.69 Å². The lowest BCUT2D eigenvalue weighted by molar-refractivity contribution is -0.111. The van der Waals surface area contributed by atoms with Gasteiger partial charge in [-0.15, -0.1) is 0 Å². The third kappa shape index (κ3) is 4.34. The van der Waals surface area contributed by atoms with Gasteiger partial charge in [-0.1, -0.05) is 11.6 Å². The zero-order chi connectivity index (χ0) is 16.8. The summed E-state index contributed by atoms with van der Waals surface area (Å²) >= 11 is 6.10. The maximum atomic E-state index is 11.9. The summed E-state index contributed by atoms with van der Waals surface area (Å²) in [6.45, 7) is 1.81. The second-order valence-corrected chi connectivity index (χ2v) is 5.07. The molecule has 1 amide bonds. The zero-order valence-corrected chi connectivity index (χ0v) is 13.5. The predicted molar refractivity (Wildman–Crippen MR) is 88.2 cm³/mol. The average molecular weight is 331 g/mol. The Kier molecular flexibility index (Phi) is 5.39. The third-order valence-corrected chi connectivity index (χ3v) is 3.47. The highest BCUT2D eigenvalue weighted by molar-refractivity contribution is 6.31. The summed E-state index contributed by atoms with van der Waals surface area (Å²) in [4.78, 5) is 11.9. The van der Waals surface area contributed by atoms with Crippen LogP contribution in [0.2, 0.25) is 5.15 Å². The molecule has 6 nitrogen and oxygen atoms in total. The Balaban J connectivity index is 1.99. The van der Waals surface area contributed by atoms with Gasteiger partial charge in [0, 0.05) is 24.4 Å². The van der Waals surface area contributed by atoms with E-state index in [4.69, 9.17) is 21.6 Å². The summed E-state index contributed by atoms with van der Waals surface area (Å²) < 4.78 is 6.69. The molecular formula is C16H15ClN4O2. The number of carbonyl (C=O) groups excluding carboxylic acids is 1. The molecule has 1 aromatic heterocycles. The van der Waals surface area contributed by atoms with Crippen LogP contribution < -0.4 is 10.1 Å². The Morgan fingerprint density at radius 1 is 1.48 bits per heavy atom. The predicted octanol–water partition coefficient (Wildman–Crippen LogP) is 2.94. The number of nitrogens with one attached hydrogen (secondary N) is 1. The van der Waals surface area contributed by atoms with E-state index in [0.29, 0.717) is 22.2 Å². The van der Waals surface area contributed by atoms with Crippen LogP contribution in [0.5, 0.6) is 5.75 Å². The summed E-state index contributed by atoms with van der Waals surface area (Å²) in [5, 5.41) is 15.8. The molecule has 2 aromatic rings. The first-order chi connectivity index (χ1) is 11.0. The summed E-state index contributed by atoms with van der Waals surface area (Å²) in [6, 6.07) is 8.64. The number of hydrogen-bond donors (Lipinski definition) is 1. The number of carbonyl (C=O) groups is 1. The summed E-state index contributed by atoms with van der Waals surface area (Å²) in [5.74, 6) is 0.285. The van der Waals surface area contributed by atoms with Gasteiger partial charge in [0.05, 0.1) is 5.69 Å². The number of rotatable bonds is 5. The van der Waals surface area contributed by atoms with E-state index in [9.17, 15) is 4.79 Å². The molecule has 0 aliphatic carbocycles. The maximum absolute atomic E-state index is 11.9. The van der Waals surface area contributed by atoms with Crippen LogP contribution in [0, 0.1) is 18.3 Å². The van der Waals surface area contributed by atoms with Crippen molar-refractivity contribution in [2.75, 3.05) is 11.9 Å². The largest absolute Gasteiger partial charge is 0.479 e. The van der Waals surface area contributed by atoms with Crippen LogP contribution in [0.25, 0.3) is 6.08 Å². The number of halogens is 1. The Hall–Kier alpha value is -2.78. The number of amides is 1. The fraction of sp³-hybridized carbons (Fsp3) is 0.188. The summed E-state index contributed by atoms with van der Waals surface area (Å²) in [6.07, 6.45) is 3.03. The van der Waals surface area contributed by atoms with E-state index < -0.39 is 0 Å². The van der Waals surface area contributed by atoms with Gasteiger partial charge in [0.2, 0.25) is 5.91 Å². The van der Waals surface area contributed by atoms with Crippen LogP contribution in [-0.4, -0.2) is 22.3 Å². The molecule has 0 radical (unpaired) electrons. The van der Waals surface area contributed by atoms with E-state index in [-0.39, 0.29) is 12.5 Å². The normalized spacial score (nSPS) is 10.5.